The lowest BCUT2D eigenvalue weighted by Gasteiger charge is -2.06. The van der Waals surface area contributed by atoms with Gasteiger partial charge in [0, 0.05) is 0 Å². The average molecular weight is 136 g/mol. The van der Waals surface area contributed by atoms with Crippen molar-refractivity contribution in [2.24, 2.45) is 5.16 Å². The van der Waals surface area contributed by atoms with Crippen LogP contribution in [0.15, 0.2) is 29.0 Å². The minimum atomic E-state index is 0.170. The second-order valence-corrected chi connectivity index (χ2v) is 2.45. The van der Waals surface area contributed by atoms with Crippen molar-refractivity contribution in [1.82, 2.24) is 5.48 Å². The number of nitrogens with zero attached hydrogens (tertiary/aromatic N) is 1. The number of hydrogen-bond acceptors (Lipinski definition) is 3. The van der Waals surface area contributed by atoms with Gasteiger partial charge in [-0.15, -0.1) is 5.48 Å². The molecule has 0 saturated carbocycles. The summed E-state index contributed by atoms with van der Waals surface area (Å²) in [6.45, 7) is 2.04. The minimum absolute atomic E-state index is 0.170. The normalized spacial score (nSPS) is 28.7. The topological polar surface area (TPSA) is 33.6 Å². The van der Waals surface area contributed by atoms with Gasteiger partial charge in [-0.1, -0.05) is 17.3 Å². The van der Waals surface area contributed by atoms with Crippen molar-refractivity contribution in [2.45, 2.75) is 13.0 Å². The van der Waals surface area contributed by atoms with Gasteiger partial charge in [0.05, 0.1) is 0 Å². The molecule has 1 aliphatic carbocycles. The van der Waals surface area contributed by atoms with Crippen molar-refractivity contribution in [2.75, 3.05) is 0 Å². The molecule has 2 rings (SSSR count). The number of hydroxylamine groups is 1. The highest BCUT2D eigenvalue weighted by Gasteiger charge is 2.20. The van der Waals surface area contributed by atoms with E-state index < -0.39 is 0 Å². The number of oxime groups is 1. The highest BCUT2D eigenvalue weighted by molar-refractivity contribution is 6.02. The van der Waals surface area contributed by atoms with Crippen molar-refractivity contribution in [1.29, 1.82) is 0 Å². The molecule has 2 aliphatic rings. The molecular weight excluding hydrogens is 128 g/mol. The number of rotatable bonds is 0. The third kappa shape index (κ3) is 0.752. The Hall–Kier alpha value is -1.09. The molecule has 0 amide bonds. The SMILES string of the molecule is CC1=CC2=NONC2C=C1. The minimum Gasteiger partial charge on any atom is -0.298 e. The Morgan fingerprint density at radius 2 is 2.60 bits per heavy atom. The average Bonchev–Trinajstić information content (AvgIpc) is 2.33. The summed E-state index contributed by atoms with van der Waals surface area (Å²) in [7, 11) is 0. The smallest absolute Gasteiger partial charge is 0.109 e. The molecular formula is C7H8N2O. The van der Waals surface area contributed by atoms with Crippen LogP contribution in [0.2, 0.25) is 0 Å². The van der Waals surface area contributed by atoms with Gasteiger partial charge in [-0.3, -0.25) is 4.94 Å². The van der Waals surface area contributed by atoms with Crippen LogP contribution in [-0.4, -0.2) is 11.8 Å². The molecule has 1 unspecified atom stereocenters. The van der Waals surface area contributed by atoms with E-state index in [4.69, 9.17) is 0 Å². The predicted octanol–water partition coefficient (Wildman–Crippen LogP) is 0.762. The Balaban J connectivity index is 2.34. The summed E-state index contributed by atoms with van der Waals surface area (Å²) >= 11 is 0. The maximum absolute atomic E-state index is 4.68. The van der Waals surface area contributed by atoms with E-state index in [-0.39, 0.29) is 6.04 Å². The molecule has 52 valence electrons. The van der Waals surface area contributed by atoms with Crippen LogP contribution in [-0.2, 0) is 4.94 Å². The van der Waals surface area contributed by atoms with Crippen LogP contribution in [0, 0.1) is 0 Å². The van der Waals surface area contributed by atoms with E-state index in [0.717, 1.165) is 5.71 Å². The zero-order valence-corrected chi connectivity index (χ0v) is 5.66. The second kappa shape index (κ2) is 1.95. The second-order valence-electron chi connectivity index (χ2n) is 2.45. The molecule has 3 heteroatoms. The van der Waals surface area contributed by atoms with Gasteiger partial charge in [0.2, 0.25) is 0 Å². The van der Waals surface area contributed by atoms with Crippen molar-refractivity contribution >= 4 is 5.71 Å². The molecule has 1 N–H and O–H groups in total. The van der Waals surface area contributed by atoms with Gasteiger partial charge in [0.25, 0.3) is 0 Å². The molecule has 0 fully saturated rings. The first-order valence-corrected chi connectivity index (χ1v) is 3.22. The van der Waals surface area contributed by atoms with E-state index in [1.165, 1.54) is 5.57 Å². The van der Waals surface area contributed by atoms with Gasteiger partial charge in [0.15, 0.2) is 0 Å². The van der Waals surface area contributed by atoms with Gasteiger partial charge >= 0.3 is 0 Å². The van der Waals surface area contributed by atoms with Crippen LogP contribution in [0.5, 0.6) is 0 Å². The first-order valence-electron chi connectivity index (χ1n) is 3.22. The maximum atomic E-state index is 4.68. The van der Waals surface area contributed by atoms with E-state index in [0.29, 0.717) is 0 Å². The Morgan fingerprint density at radius 3 is 3.50 bits per heavy atom. The Bertz CT molecular complexity index is 240. The monoisotopic (exact) mass is 136 g/mol. The Labute approximate surface area is 59.0 Å². The number of fused-ring (bicyclic) bond motifs is 1. The molecule has 0 spiro atoms. The van der Waals surface area contributed by atoms with Gasteiger partial charge in [-0.25, -0.2) is 0 Å². The van der Waals surface area contributed by atoms with Crippen LogP contribution >= 0.6 is 0 Å². The number of allylic oxidation sites excluding steroid dienone is 2. The first-order chi connectivity index (χ1) is 4.86. The highest BCUT2D eigenvalue weighted by atomic mass is 16.8. The highest BCUT2D eigenvalue weighted by Crippen LogP contribution is 2.11. The largest absolute Gasteiger partial charge is 0.298 e. The van der Waals surface area contributed by atoms with E-state index in [9.17, 15) is 0 Å². The molecule has 10 heavy (non-hydrogen) atoms. The molecule has 0 aromatic rings. The van der Waals surface area contributed by atoms with Gasteiger partial charge in [-0.05, 0) is 18.6 Å². The van der Waals surface area contributed by atoms with Crippen molar-refractivity contribution in [3.63, 3.8) is 0 Å². The molecule has 0 saturated heterocycles. The molecule has 0 bridgehead atoms. The van der Waals surface area contributed by atoms with E-state index >= 15 is 0 Å². The fourth-order valence-corrected chi connectivity index (χ4v) is 1.04. The zero-order valence-electron chi connectivity index (χ0n) is 5.66. The molecule has 1 atom stereocenters. The van der Waals surface area contributed by atoms with Crippen molar-refractivity contribution in [3.05, 3.63) is 23.8 Å². The van der Waals surface area contributed by atoms with Gasteiger partial charge < -0.3 is 0 Å². The summed E-state index contributed by atoms with van der Waals surface area (Å²) in [6.07, 6.45) is 6.08. The zero-order chi connectivity index (χ0) is 6.97. The summed E-state index contributed by atoms with van der Waals surface area (Å²) in [5.74, 6) is 0. The Kier molecular flexibility index (Phi) is 1.11. The fourth-order valence-electron chi connectivity index (χ4n) is 1.04. The lowest BCUT2D eigenvalue weighted by atomic mass is 10.0. The fraction of sp³-hybridized carbons (Fsp3) is 0.286. The van der Waals surface area contributed by atoms with Crippen LogP contribution in [0.3, 0.4) is 0 Å². The molecule has 0 radical (unpaired) electrons. The maximum Gasteiger partial charge on any atom is 0.109 e. The first kappa shape index (κ1) is 5.68. The summed E-state index contributed by atoms with van der Waals surface area (Å²) in [5.41, 5.74) is 4.91. The van der Waals surface area contributed by atoms with E-state index in [1.54, 1.807) is 0 Å². The van der Waals surface area contributed by atoms with E-state index in [1.807, 2.05) is 25.2 Å². The Morgan fingerprint density at radius 1 is 1.70 bits per heavy atom. The standard InChI is InChI=1S/C7H8N2O/c1-5-2-3-6-7(4-5)9-10-8-6/h2-4,6,8H,1H3. The van der Waals surface area contributed by atoms with Crippen LogP contribution in [0.1, 0.15) is 6.92 Å². The van der Waals surface area contributed by atoms with Gasteiger partial charge in [0.1, 0.15) is 11.8 Å². The molecule has 0 aromatic heterocycles. The third-order valence-electron chi connectivity index (χ3n) is 1.58. The summed E-state index contributed by atoms with van der Waals surface area (Å²) in [4.78, 5) is 4.68. The van der Waals surface area contributed by atoms with Crippen LogP contribution in [0.4, 0.5) is 0 Å². The summed E-state index contributed by atoms with van der Waals surface area (Å²) in [6, 6.07) is 0.170. The van der Waals surface area contributed by atoms with Crippen LogP contribution < -0.4 is 5.48 Å². The summed E-state index contributed by atoms with van der Waals surface area (Å²) < 4.78 is 0. The molecule has 1 heterocycles. The summed E-state index contributed by atoms with van der Waals surface area (Å²) in [5, 5.41) is 3.79. The van der Waals surface area contributed by atoms with E-state index in [2.05, 4.69) is 15.6 Å². The molecule has 0 aromatic carbocycles. The van der Waals surface area contributed by atoms with Crippen molar-refractivity contribution in [3.8, 4) is 0 Å². The number of hydrogen-bond donors (Lipinski definition) is 1. The lowest BCUT2D eigenvalue weighted by molar-refractivity contribution is 0.0671. The van der Waals surface area contributed by atoms with Gasteiger partial charge in [-0.2, -0.15) is 0 Å². The predicted molar refractivity (Wildman–Crippen MR) is 38.3 cm³/mol. The number of nitrogens with one attached hydrogen (secondary N) is 1. The molecule has 1 aliphatic heterocycles. The van der Waals surface area contributed by atoms with Crippen LogP contribution in [0.25, 0.3) is 0 Å². The van der Waals surface area contributed by atoms with Crippen molar-refractivity contribution < 1.29 is 4.94 Å². The third-order valence-corrected chi connectivity index (χ3v) is 1.58. The molecule has 3 nitrogen and oxygen atoms in total. The quantitative estimate of drug-likeness (QED) is 0.533. The lowest BCUT2D eigenvalue weighted by Crippen LogP contribution is -2.27.